The smallest absolute Gasteiger partial charge is 0.233 e. The summed E-state index contributed by atoms with van der Waals surface area (Å²) in [6.45, 7) is 12.8. The zero-order chi connectivity index (χ0) is 14.2. The standard InChI is InChI=1S/C14H31N3O/c1-12(2)17(6)10-8-7-9-15-13(18)11-16-14(3,4)5/h12,16H,7-11H2,1-6H3,(H,15,18). The van der Waals surface area contributed by atoms with Gasteiger partial charge in [0.25, 0.3) is 0 Å². The zero-order valence-corrected chi connectivity index (χ0v) is 13.0. The predicted molar refractivity (Wildman–Crippen MR) is 77.8 cm³/mol. The van der Waals surface area contributed by atoms with E-state index >= 15 is 0 Å². The minimum Gasteiger partial charge on any atom is -0.355 e. The molecule has 2 N–H and O–H groups in total. The lowest BCUT2D eigenvalue weighted by Gasteiger charge is -2.21. The average Bonchev–Trinajstić information content (AvgIpc) is 2.24. The predicted octanol–water partition coefficient (Wildman–Crippen LogP) is 1.61. The molecule has 0 heterocycles. The minimum atomic E-state index is -0.00266. The van der Waals surface area contributed by atoms with Gasteiger partial charge in [0.05, 0.1) is 6.54 Å². The van der Waals surface area contributed by atoms with Crippen LogP contribution in [0.5, 0.6) is 0 Å². The zero-order valence-electron chi connectivity index (χ0n) is 13.0. The molecule has 18 heavy (non-hydrogen) atoms. The van der Waals surface area contributed by atoms with Gasteiger partial charge in [-0.05, 0) is 61.1 Å². The van der Waals surface area contributed by atoms with Gasteiger partial charge in [-0.25, -0.2) is 0 Å². The van der Waals surface area contributed by atoms with Gasteiger partial charge in [0.2, 0.25) is 5.91 Å². The molecule has 0 aromatic carbocycles. The first-order valence-corrected chi connectivity index (χ1v) is 6.94. The summed E-state index contributed by atoms with van der Waals surface area (Å²) < 4.78 is 0. The van der Waals surface area contributed by atoms with Gasteiger partial charge in [0, 0.05) is 18.1 Å². The summed E-state index contributed by atoms with van der Waals surface area (Å²) in [6.07, 6.45) is 2.17. The van der Waals surface area contributed by atoms with Crippen LogP contribution < -0.4 is 10.6 Å². The van der Waals surface area contributed by atoms with E-state index in [0.29, 0.717) is 12.6 Å². The number of amides is 1. The molecule has 108 valence electrons. The first-order chi connectivity index (χ1) is 8.22. The van der Waals surface area contributed by atoms with Crippen molar-refractivity contribution < 1.29 is 4.79 Å². The van der Waals surface area contributed by atoms with Crippen LogP contribution in [0.25, 0.3) is 0 Å². The van der Waals surface area contributed by atoms with Crippen LogP contribution in [0.15, 0.2) is 0 Å². The van der Waals surface area contributed by atoms with Crippen molar-refractivity contribution >= 4 is 5.91 Å². The van der Waals surface area contributed by atoms with Gasteiger partial charge in [-0.1, -0.05) is 0 Å². The van der Waals surface area contributed by atoms with Crippen molar-refractivity contribution in [2.75, 3.05) is 26.7 Å². The van der Waals surface area contributed by atoms with Crippen molar-refractivity contribution in [3.05, 3.63) is 0 Å². The molecule has 0 aliphatic carbocycles. The van der Waals surface area contributed by atoms with Crippen molar-refractivity contribution in [2.24, 2.45) is 0 Å². The van der Waals surface area contributed by atoms with Crippen molar-refractivity contribution in [1.29, 1.82) is 0 Å². The number of carbonyl (C=O) groups excluding carboxylic acids is 1. The molecule has 0 fully saturated rings. The van der Waals surface area contributed by atoms with Crippen LogP contribution in [0.3, 0.4) is 0 Å². The largest absolute Gasteiger partial charge is 0.355 e. The molecule has 4 nitrogen and oxygen atoms in total. The Morgan fingerprint density at radius 3 is 2.33 bits per heavy atom. The SMILES string of the molecule is CC(C)N(C)CCCCNC(=O)CNC(C)(C)C. The highest BCUT2D eigenvalue weighted by atomic mass is 16.1. The molecule has 0 radical (unpaired) electrons. The summed E-state index contributed by atoms with van der Waals surface area (Å²) in [5.41, 5.74) is -0.00266. The number of hydrogen-bond acceptors (Lipinski definition) is 3. The quantitative estimate of drug-likeness (QED) is 0.649. The fourth-order valence-corrected chi connectivity index (χ4v) is 1.38. The third kappa shape index (κ3) is 10.5. The molecule has 0 aromatic rings. The molecule has 0 aromatic heterocycles. The number of rotatable bonds is 8. The summed E-state index contributed by atoms with van der Waals surface area (Å²) in [5, 5.41) is 6.11. The Bertz CT molecular complexity index is 234. The van der Waals surface area contributed by atoms with E-state index in [4.69, 9.17) is 0 Å². The molecule has 0 unspecified atom stereocenters. The van der Waals surface area contributed by atoms with Crippen molar-refractivity contribution in [1.82, 2.24) is 15.5 Å². The van der Waals surface area contributed by atoms with Gasteiger partial charge in [-0.2, -0.15) is 0 Å². The van der Waals surface area contributed by atoms with Crippen LogP contribution in [0.2, 0.25) is 0 Å². The Hall–Kier alpha value is -0.610. The molecule has 4 heteroatoms. The molecule has 0 aliphatic rings. The van der Waals surface area contributed by atoms with E-state index in [1.807, 2.05) is 0 Å². The van der Waals surface area contributed by atoms with E-state index in [1.54, 1.807) is 0 Å². The summed E-state index contributed by atoms with van der Waals surface area (Å²) in [7, 11) is 2.14. The monoisotopic (exact) mass is 257 g/mol. The van der Waals surface area contributed by atoms with Gasteiger partial charge in [-0.15, -0.1) is 0 Å². The van der Waals surface area contributed by atoms with Gasteiger partial charge >= 0.3 is 0 Å². The highest BCUT2D eigenvalue weighted by Crippen LogP contribution is 1.98. The van der Waals surface area contributed by atoms with Crippen LogP contribution in [-0.4, -0.2) is 49.1 Å². The minimum absolute atomic E-state index is 0.00266. The molecular formula is C14H31N3O. The lowest BCUT2D eigenvalue weighted by molar-refractivity contribution is -0.120. The van der Waals surface area contributed by atoms with E-state index in [1.165, 1.54) is 0 Å². The lowest BCUT2D eigenvalue weighted by Crippen LogP contribution is -2.43. The van der Waals surface area contributed by atoms with Crippen LogP contribution >= 0.6 is 0 Å². The molecular weight excluding hydrogens is 226 g/mol. The highest BCUT2D eigenvalue weighted by molar-refractivity contribution is 5.78. The lowest BCUT2D eigenvalue weighted by atomic mass is 10.1. The first kappa shape index (κ1) is 17.4. The fourth-order valence-electron chi connectivity index (χ4n) is 1.38. The Kier molecular flexibility index (Phi) is 8.20. The number of nitrogens with zero attached hydrogens (tertiary/aromatic N) is 1. The second kappa shape index (κ2) is 8.48. The van der Waals surface area contributed by atoms with E-state index in [9.17, 15) is 4.79 Å². The van der Waals surface area contributed by atoms with Crippen LogP contribution in [0, 0.1) is 0 Å². The molecule has 0 spiro atoms. The number of hydrogen-bond donors (Lipinski definition) is 2. The van der Waals surface area contributed by atoms with Crippen molar-refractivity contribution in [3.63, 3.8) is 0 Å². The number of carbonyl (C=O) groups is 1. The number of nitrogens with one attached hydrogen (secondary N) is 2. The molecule has 0 saturated heterocycles. The highest BCUT2D eigenvalue weighted by Gasteiger charge is 2.10. The molecule has 0 saturated carbocycles. The molecule has 0 rings (SSSR count). The van der Waals surface area contributed by atoms with Gasteiger partial charge in [-0.3, -0.25) is 4.79 Å². The summed E-state index contributed by atoms with van der Waals surface area (Å²) in [5.74, 6) is 0.0853. The normalized spacial score (nSPS) is 12.2. The van der Waals surface area contributed by atoms with E-state index < -0.39 is 0 Å². The topological polar surface area (TPSA) is 44.4 Å². The fraction of sp³-hybridized carbons (Fsp3) is 0.929. The number of unbranched alkanes of at least 4 members (excludes halogenated alkanes) is 1. The molecule has 0 atom stereocenters. The van der Waals surface area contributed by atoms with Gasteiger partial charge in [0.15, 0.2) is 0 Å². The van der Waals surface area contributed by atoms with Crippen molar-refractivity contribution in [2.45, 2.75) is 59.0 Å². The summed E-state index contributed by atoms with van der Waals surface area (Å²) in [6, 6.07) is 0.593. The van der Waals surface area contributed by atoms with Crippen LogP contribution in [-0.2, 0) is 4.79 Å². The maximum Gasteiger partial charge on any atom is 0.233 e. The molecule has 1 amide bonds. The summed E-state index contributed by atoms with van der Waals surface area (Å²) in [4.78, 5) is 13.8. The van der Waals surface area contributed by atoms with Crippen LogP contribution in [0.4, 0.5) is 0 Å². The second-order valence-electron chi connectivity index (χ2n) is 6.23. The second-order valence-corrected chi connectivity index (χ2v) is 6.23. The summed E-state index contributed by atoms with van der Waals surface area (Å²) >= 11 is 0. The van der Waals surface area contributed by atoms with E-state index in [2.05, 4.69) is 57.2 Å². The maximum atomic E-state index is 11.5. The Morgan fingerprint density at radius 2 is 1.83 bits per heavy atom. The van der Waals surface area contributed by atoms with E-state index in [0.717, 1.165) is 25.9 Å². The third-order valence-corrected chi connectivity index (χ3v) is 2.92. The van der Waals surface area contributed by atoms with Gasteiger partial charge < -0.3 is 15.5 Å². The average molecular weight is 257 g/mol. The third-order valence-electron chi connectivity index (χ3n) is 2.92. The molecule has 0 bridgehead atoms. The maximum absolute atomic E-state index is 11.5. The van der Waals surface area contributed by atoms with Gasteiger partial charge in [0.1, 0.15) is 0 Å². The van der Waals surface area contributed by atoms with Crippen molar-refractivity contribution in [3.8, 4) is 0 Å². The Labute approximate surface area is 113 Å². The first-order valence-electron chi connectivity index (χ1n) is 6.94. The molecule has 0 aliphatic heterocycles. The van der Waals surface area contributed by atoms with E-state index in [-0.39, 0.29) is 11.4 Å². The van der Waals surface area contributed by atoms with Crippen LogP contribution in [0.1, 0.15) is 47.5 Å². The Balaban J connectivity index is 3.47. The Morgan fingerprint density at radius 1 is 1.22 bits per heavy atom.